The molecule has 0 amide bonds. The highest BCUT2D eigenvalue weighted by Crippen LogP contribution is 2.43. The molecular formula is C46H81NO12P+. The van der Waals surface area contributed by atoms with Gasteiger partial charge in [0.25, 0.3) is 0 Å². The Balaban J connectivity index is 1.75. The van der Waals surface area contributed by atoms with Gasteiger partial charge < -0.3 is 33.5 Å². The number of furan rings is 1. The van der Waals surface area contributed by atoms with Crippen LogP contribution in [0.2, 0.25) is 0 Å². The van der Waals surface area contributed by atoms with E-state index >= 15 is 0 Å². The molecule has 0 bridgehead atoms. The van der Waals surface area contributed by atoms with Crippen LogP contribution < -0.4 is 0 Å². The van der Waals surface area contributed by atoms with Crippen molar-refractivity contribution < 1.29 is 61.5 Å². The summed E-state index contributed by atoms with van der Waals surface area (Å²) in [7, 11) is 1.32. The van der Waals surface area contributed by atoms with Gasteiger partial charge in [0.2, 0.25) is 0 Å². The van der Waals surface area contributed by atoms with Crippen molar-refractivity contribution in [3.8, 4) is 0 Å². The number of carbonyl (C=O) groups is 3. The zero-order valence-corrected chi connectivity index (χ0v) is 39.0. The summed E-state index contributed by atoms with van der Waals surface area (Å²) in [5.41, 5.74) is 2.54. The molecule has 0 saturated heterocycles. The molecule has 60 heavy (non-hydrogen) atoms. The number of nitrogens with zero attached hydrogens (tertiary/aromatic N) is 1. The highest BCUT2D eigenvalue weighted by molar-refractivity contribution is 7.47. The van der Waals surface area contributed by atoms with Crippen LogP contribution >= 0.6 is 7.82 Å². The summed E-state index contributed by atoms with van der Waals surface area (Å²) < 4.78 is 40.4. The van der Waals surface area contributed by atoms with Crippen molar-refractivity contribution in [2.45, 2.75) is 181 Å². The van der Waals surface area contributed by atoms with Crippen molar-refractivity contribution in [3.05, 3.63) is 34.8 Å². The number of phosphoric acid groups is 1. The topological polar surface area (TPSA) is 179 Å². The number of phosphoric ester groups is 1. The van der Waals surface area contributed by atoms with Crippen LogP contribution in [-0.2, 0) is 50.3 Å². The Morgan fingerprint density at radius 3 is 2.10 bits per heavy atom. The van der Waals surface area contributed by atoms with Gasteiger partial charge in [0.1, 0.15) is 37.1 Å². The summed E-state index contributed by atoms with van der Waals surface area (Å²) in [6, 6.07) is 0. The Morgan fingerprint density at radius 1 is 0.833 bits per heavy atom. The van der Waals surface area contributed by atoms with Gasteiger partial charge in [-0.05, 0) is 63.5 Å². The first-order valence-electron chi connectivity index (χ1n) is 22.9. The average molecular weight is 871 g/mol. The van der Waals surface area contributed by atoms with Crippen molar-refractivity contribution in [1.82, 2.24) is 0 Å². The van der Waals surface area contributed by atoms with Gasteiger partial charge in [0, 0.05) is 43.9 Å². The number of quaternary nitrogens is 1. The van der Waals surface area contributed by atoms with Gasteiger partial charge in [-0.1, -0.05) is 90.2 Å². The number of Topliss-reactive ketones (excluding diaryl/α,β-unsaturated/α-hetero) is 1. The zero-order valence-electron chi connectivity index (χ0n) is 38.1. The van der Waals surface area contributed by atoms with Gasteiger partial charge in [-0.3, -0.25) is 23.4 Å². The van der Waals surface area contributed by atoms with Crippen molar-refractivity contribution in [3.63, 3.8) is 0 Å². The molecule has 1 fully saturated rings. The van der Waals surface area contributed by atoms with E-state index in [4.69, 9.17) is 22.9 Å². The second-order valence-electron chi connectivity index (χ2n) is 17.8. The lowest BCUT2D eigenvalue weighted by molar-refractivity contribution is -0.870. The molecule has 14 heteroatoms. The molecule has 1 aromatic heterocycles. The first kappa shape index (κ1) is 53.8. The second kappa shape index (κ2) is 29.1. The number of rotatable bonds is 34. The summed E-state index contributed by atoms with van der Waals surface area (Å²) >= 11 is 0. The van der Waals surface area contributed by atoms with Gasteiger partial charge in [-0.25, -0.2) is 4.57 Å². The van der Waals surface area contributed by atoms with E-state index in [0.717, 1.165) is 101 Å². The quantitative estimate of drug-likeness (QED) is 0.0197. The minimum absolute atomic E-state index is 0.0152. The number of likely N-dealkylation sites (N-methyl/N-ethyl adjacent to an activating group) is 1. The van der Waals surface area contributed by atoms with Crippen LogP contribution in [0.5, 0.6) is 0 Å². The molecule has 0 aliphatic heterocycles. The number of carbonyl (C=O) groups excluding carboxylic acids is 3. The smallest absolute Gasteiger partial charge is 0.466 e. The molecule has 1 unspecified atom stereocenters. The highest BCUT2D eigenvalue weighted by atomic mass is 31.2. The van der Waals surface area contributed by atoms with Gasteiger partial charge in [0.15, 0.2) is 6.10 Å². The molecule has 2 rings (SSSR count). The first-order valence-corrected chi connectivity index (χ1v) is 24.4. The van der Waals surface area contributed by atoms with Crippen molar-refractivity contribution in [2.24, 2.45) is 11.8 Å². The molecule has 1 saturated carbocycles. The molecule has 0 aromatic carbocycles. The van der Waals surface area contributed by atoms with Gasteiger partial charge in [0.05, 0.1) is 40.0 Å². The van der Waals surface area contributed by atoms with E-state index in [1.54, 1.807) is 6.08 Å². The van der Waals surface area contributed by atoms with Crippen LogP contribution in [0.15, 0.2) is 16.6 Å². The van der Waals surface area contributed by atoms with E-state index < -0.39 is 44.7 Å². The fraction of sp³-hybridized carbons (Fsp3) is 0.804. The van der Waals surface area contributed by atoms with E-state index in [2.05, 4.69) is 27.7 Å². The fourth-order valence-electron chi connectivity index (χ4n) is 7.49. The standard InChI is InChI=1S/C46H80NO12P/c1-8-10-17-23-37(48)28-29-40-39(41(49)32-42(40)50)24-18-15-16-20-26-45(51)55-33-38(34-57-60(53,54)56-31-30-47(5,6)7)58-46(52)27-21-14-12-11-13-19-25-44-36(4)35(3)43(59-44)22-9-2/h28-29,37-40,42,48,50H,8-27,30-34H2,1-7H3/p+1/b29-28+/t37-,38+,39+,40+,42+/m0/s1. The normalized spacial score (nSPS) is 19.2. The van der Waals surface area contributed by atoms with E-state index in [9.17, 15) is 34.1 Å². The van der Waals surface area contributed by atoms with Crippen LogP contribution in [0.3, 0.4) is 0 Å². The third-order valence-electron chi connectivity index (χ3n) is 11.4. The molecule has 1 heterocycles. The number of esters is 2. The predicted octanol–water partition coefficient (Wildman–Crippen LogP) is 8.82. The number of aryl methyl sites for hydroxylation is 2. The van der Waals surface area contributed by atoms with E-state index in [1.807, 2.05) is 27.2 Å². The summed E-state index contributed by atoms with van der Waals surface area (Å²) in [4.78, 5) is 48.3. The number of unbranched alkanes of at least 4 members (excludes halogenated alkanes) is 10. The number of hydrogen-bond acceptors (Lipinski definition) is 11. The third-order valence-corrected chi connectivity index (χ3v) is 12.3. The van der Waals surface area contributed by atoms with E-state index in [1.165, 1.54) is 11.1 Å². The highest BCUT2D eigenvalue weighted by Gasteiger charge is 2.39. The molecule has 13 nitrogen and oxygen atoms in total. The second-order valence-corrected chi connectivity index (χ2v) is 19.3. The molecular weight excluding hydrogens is 789 g/mol. The fourth-order valence-corrected chi connectivity index (χ4v) is 8.23. The maximum atomic E-state index is 12.8. The Bertz CT molecular complexity index is 1470. The van der Waals surface area contributed by atoms with Gasteiger partial charge in [-0.15, -0.1) is 0 Å². The first-order chi connectivity index (χ1) is 28.5. The van der Waals surface area contributed by atoms with Crippen LogP contribution in [0.1, 0.15) is 158 Å². The molecule has 346 valence electrons. The third kappa shape index (κ3) is 22.6. The Hall–Kier alpha value is -2.38. The lowest BCUT2D eigenvalue weighted by Gasteiger charge is -2.24. The number of aliphatic hydroxyl groups excluding tert-OH is 2. The lowest BCUT2D eigenvalue weighted by atomic mass is 9.88. The molecule has 0 spiro atoms. The van der Waals surface area contributed by atoms with Crippen molar-refractivity contribution >= 4 is 25.5 Å². The number of aliphatic hydroxyl groups is 2. The maximum absolute atomic E-state index is 12.8. The average Bonchev–Trinajstić information content (AvgIpc) is 3.60. The maximum Gasteiger partial charge on any atom is 0.472 e. The molecule has 1 aliphatic rings. The summed E-state index contributed by atoms with van der Waals surface area (Å²) in [6.07, 6.45) is 17.4. The van der Waals surface area contributed by atoms with Gasteiger partial charge in [-0.2, -0.15) is 0 Å². The molecule has 1 aliphatic carbocycles. The Kier molecular flexibility index (Phi) is 26.0. The number of ketones is 1. The van der Waals surface area contributed by atoms with Crippen LogP contribution in [0.25, 0.3) is 0 Å². The molecule has 6 atom stereocenters. The summed E-state index contributed by atoms with van der Waals surface area (Å²) in [5, 5.41) is 20.8. The monoisotopic (exact) mass is 871 g/mol. The van der Waals surface area contributed by atoms with E-state index in [-0.39, 0.29) is 50.1 Å². The summed E-state index contributed by atoms with van der Waals surface area (Å²) in [6.45, 7) is 8.19. The van der Waals surface area contributed by atoms with Crippen LogP contribution in [-0.4, -0.2) is 103 Å². The van der Waals surface area contributed by atoms with Crippen LogP contribution in [0.4, 0.5) is 0 Å². The predicted molar refractivity (Wildman–Crippen MR) is 233 cm³/mol. The van der Waals surface area contributed by atoms with Gasteiger partial charge >= 0.3 is 19.8 Å². The minimum atomic E-state index is -4.45. The Labute approximate surface area is 361 Å². The zero-order chi connectivity index (χ0) is 44.6. The van der Waals surface area contributed by atoms with Crippen molar-refractivity contribution in [2.75, 3.05) is 47.5 Å². The molecule has 1 aromatic rings. The Morgan fingerprint density at radius 2 is 1.45 bits per heavy atom. The van der Waals surface area contributed by atoms with Crippen LogP contribution in [0, 0.1) is 25.7 Å². The lowest BCUT2D eigenvalue weighted by Crippen LogP contribution is -2.37. The van der Waals surface area contributed by atoms with E-state index in [0.29, 0.717) is 36.7 Å². The SMILES string of the molecule is CCCCC[C@H](O)/C=C/[C@H]1[C@H](O)CC(=O)[C@@H]1CCCCCCC(=O)OC[C@H](COP(=O)(O)OCC[N+](C)(C)C)OC(=O)CCCCCCCCc1oc(CCC)c(C)c1C. The largest absolute Gasteiger partial charge is 0.472 e. The van der Waals surface area contributed by atoms with Crippen molar-refractivity contribution in [1.29, 1.82) is 0 Å². The molecule has 0 radical (unpaired) electrons. The minimum Gasteiger partial charge on any atom is -0.466 e. The molecule has 3 N–H and O–H groups in total. The summed E-state index contributed by atoms with van der Waals surface area (Å²) in [5.74, 6) is 0.684. The number of hydrogen-bond donors (Lipinski definition) is 3. The number of ether oxygens (including phenoxy) is 2.